The summed E-state index contributed by atoms with van der Waals surface area (Å²) in [5, 5.41) is 14.2. The molecule has 1 heterocycles. The molecule has 104 valence electrons. The molecular formula is C14H20N2O3. The normalized spacial score (nSPS) is 22.4. The second-order valence-electron chi connectivity index (χ2n) is 5.01. The van der Waals surface area contributed by atoms with Gasteiger partial charge in [0.1, 0.15) is 0 Å². The number of nitro benzene ring substituents is 1. The van der Waals surface area contributed by atoms with Gasteiger partial charge in [-0.2, -0.15) is 0 Å². The molecule has 0 aromatic heterocycles. The van der Waals surface area contributed by atoms with Crippen molar-refractivity contribution >= 4 is 11.4 Å². The lowest BCUT2D eigenvalue weighted by Crippen LogP contribution is -2.22. The maximum absolute atomic E-state index is 10.9. The molecule has 19 heavy (non-hydrogen) atoms. The van der Waals surface area contributed by atoms with Crippen LogP contribution in [0, 0.1) is 23.0 Å². The van der Waals surface area contributed by atoms with Gasteiger partial charge in [-0.15, -0.1) is 0 Å². The molecule has 0 radical (unpaired) electrons. The molecule has 0 bridgehead atoms. The van der Waals surface area contributed by atoms with E-state index in [0.29, 0.717) is 17.6 Å². The van der Waals surface area contributed by atoms with Crippen molar-refractivity contribution in [1.29, 1.82) is 0 Å². The molecule has 1 N–H and O–H groups in total. The van der Waals surface area contributed by atoms with Crippen molar-refractivity contribution in [2.24, 2.45) is 5.92 Å². The van der Waals surface area contributed by atoms with E-state index < -0.39 is 0 Å². The van der Waals surface area contributed by atoms with E-state index in [1.165, 1.54) is 0 Å². The van der Waals surface area contributed by atoms with Crippen LogP contribution in [0.25, 0.3) is 0 Å². The minimum Gasteiger partial charge on any atom is -0.384 e. The van der Waals surface area contributed by atoms with Gasteiger partial charge in [0.15, 0.2) is 0 Å². The van der Waals surface area contributed by atoms with Crippen molar-refractivity contribution in [2.75, 3.05) is 18.5 Å². The Bertz CT molecular complexity index is 462. The topological polar surface area (TPSA) is 64.4 Å². The van der Waals surface area contributed by atoms with E-state index in [4.69, 9.17) is 4.74 Å². The second-order valence-corrected chi connectivity index (χ2v) is 5.01. The van der Waals surface area contributed by atoms with Gasteiger partial charge in [-0.1, -0.05) is 13.0 Å². The van der Waals surface area contributed by atoms with Gasteiger partial charge in [0, 0.05) is 36.4 Å². The molecule has 2 atom stereocenters. The summed E-state index contributed by atoms with van der Waals surface area (Å²) in [5.41, 5.74) is 1.66. The number of rotatable bonds is 5. The van der Waals surface area contributed by atoms with Crippen LogP contribution in [0.1, 0.15) is 25.3 Å². The first-order valence-electron chi connectivity index (χ1n) is 6.72. The van der Waals surface area contributed by atoms with E-state index in [1.807, 2.05) is 6.07 Å². The number of hydrogen-bond donors (Lipinski definition) is 1. The largest absolute Gasteiger partial charge is 0.384 e. The molecule has 1 aromatic carbocycles. The van der Waals surface area contributed by atoms with E-state index in [1.54, 1.807) is 19.1 Å². The third kappa shape index (κ3) is 3.23. The van der Waals surface area contributed by atoms with Crippen LogP contribution in [0.4, 0.5) is 11.4 Å². The maximum atomic E-state index is 10.9. The summed E-state index contributed by atoms with van der Waals surface area (Å²) >= 11 is 0. The van der Waals surface area contributed by atoms with Crippen LogP contribution in [-0.2, 0) is 4.74 Å². The van der Waals surface area contributed by atoms with Crippen LogP contribution in [0.3, 0.4) is 0 Å². The number of nitrogens with one attached hydrogen (secondary N) is 1. The highest BCUT2D eigenvalue weighted by molar-refractivity contribution is 5.54. The number of ether oxygens (including phenoxy) is 1. The first-order valence-corrected chi connectivity index (χ1v) is 6.72. The molecule has 0 aliphatic carbocycles. The molecular weight excluding hydrogens is 244 g/mol. The number of benzene rings is 1. The van der Waals surface area contributed by atoms with Gasteiger partial charge in [-0.25, -0.2) is 0 Å². The standard InChI is InChI=1S/C14H20N2O3/c1-3-14-11(6-7-19-14)9-15-12-5-4-10(2)13(8-12)16(17)18/h4-5,8,11,14-15H,3,6-7,9H2,1-2H3. The number of nitro groups is 1. The molecule has 1 aromatic rings. The molecule has 0 amide bonds. The fraction of sp³-hybridized carbons (Fsp3) is 0.571. The quantitative estimate of drug-likeness (QED) is 0.655. The van der Waals surface area contributed by atoms with Gasteiger partial charge in [0.2, 0.25) is 0 Å². The minimum absolute atomic E-state index is 0.166. The Balaban J connectivity index is 2.00. The Kier molecular flexibility index (Phi) is 4.37. The van der Waals surface area contributed by atoms with Gasteiger partial charge < -0.3 is 10.1 Å². The van der Waals surface area contributed by atoms with Gasteiger partial charge in [-0.05, 0) is 25.8 Å². The molecule has 1 aliphatic rings. The molecule has 2 unspecified atom stereocenters. The van der Waals surface area contributed by atoms with Crippen LogP contribution >= 0.6 is 0 Å². The van der Waals surface area contributed by atoms with Crippen LogP contribution in [0.5, 0.6) is 0 Å². The predicted molar refractivity (Wildman–Crippen MR) is 74.5 cm³/mol. The molecule has 0 saturated carbocycles. The van der Waals surface area contributed by atoms with Crippen molar-refractivity contribution < 1.29 is 9.66 Å². The van der Waals surface area contributed by atoms with Gasteiger partial charge >= 0.3 is 0 Å². The first-order chi connectivity index (χ1) is 9.11. The number of nitrogens with zero attached hydrogens (tertiary/aromatic N) is 1. The highest BCUT2D eigenvalue weighted by Gasteiger charge is 2.26. The zero-order valence-corrected chi connectivity index (χ0v) is 11.4. The molecule has 1 saturated heterocycles. The average molecular weight is 264 g/mol. The summed E-state index contributed by atoms with van der Waals surface area (Å²) in [4.78, 5) is 10.6. The zero-order valence-electron chi connectivity index (χ0n) is 11.4. The molecule has 1 aliphatic heterocycles. The van der Waals surface area contributed by atoms with E-state index in [2.05, 4.69) is 12.2 Å². The lowest BCUT2D eigenvalue weighted by Gasteiger charge is -2.18. The lowest BCUT2D eigenvalue weighted by molar-refractivity contribution is -0.385. The smallest absolute Gasteiger partial charge is 0.274 e. The zero-order chi connectivity index (χ0) is 13.8. The highest BCUT2D eigenvalue weighted by atomic mass is 16.6. The second kappa shape index (κ2) is 6.02. The summed E-state index contributed by atoms with van der Waals surface area (Å²) in [6, 6.07) is 5.27. The lowest BCUT2D eigenvalue weighted by atomic mass is 9.99. The first kappa shape index (κ1) is 13.8. The predicted octanol–water partition coefficient (Wildman–Crippen LogP) is 3.13. The van der Waals surface area contributed by atoms with Crippen molar-refractivity contribution in [1.82, 2.24) is 0 Å². The van der Waals surface area contributed by atoms with Crippen molar-refractivity contribution in [2.45, 2.75) is 32.8 Å². The third-order valence-electron chi connectivity index (χ3n) is 3.72. The van der Waals surface area contributed by atoms with Gasteiger partial charge in [0.05, 0.1) is 11.0 Å². The maximum Gasteiger partial charge on any atom is 0.274 e. The van der Waals surface area contributed by atoms with Crippen molar-refractivity contribution in [3.05, 3.63) is 33.9 Å². The molecule has 0 spiro atoms. The Labute approximate surface area is 113 Å². The summed E-state index contributed by atoms with van der Waals surface area (Å²) in [6.45, 7) is 5.50. The Morgan fingerprint density at radius 3 is 3.00 bits per heavy atom. The van der Waals surface area contributed by atoms with Crippen molar-refractivity contribution in [3.63, 3.8) is 0 Å². The molecule has 1 fully saturated rings. The SMILES string of the molecule is CCC1OCCC1CNc1ccc(C)c([N+](=O)[O-])c1. The molecule has 5 heteroatoms. The summed E-state index contributed by atoms with van der Waals surface area (Å²) in [7, 11) is 0. The highest BCUT2D eigenvalue weighted by Crippen LogP contribution is 2.26. The Morgan fingerprint density at radius 2 is 2.32 bits per heavy atom. The number of anilines is 1. The minimum atomic E-state index is -0.339. The number of aryl methyl sites for hydroxylation is 1. The monoisotopic (exact) mass is 264 g/mol. The summed E-state index contributed by atoms with van der Waals surface area (Å²) in [5.74, 6) is 0.491. The van der Waals surface area contributed by atoms with Crippen LogP contribution in [0.15, 0.2) is 18.2 Å². The van der Waals surface area contributed by atoms with Crippen LogP contribution in [-0.4, -0.2) is 24.2 Å². The van der Waals surface area contributed by atoms with E-state index in [9.17, 15) is 10.1 Å². The number of hydrogen-bond acceptors (Lipinski definition) is 4. The molecule has 2 rings (SSSR count). The molecule has 5 nitrogen and oxygen atoms in total. The third-order valence-corrected chi connectivity index (χ3v) is 3.72. The van der Waals surface area contributed by atoms with Crippen LogP contribution < -0.4 is 5.32 Å². The van der Waals surface area contributed by atoms with Crippen molar-refractivity contribution in [3.8, 4) is 0 Å². The van der Waals surface area contributed by atoms with E-state index in [-0.39, 0.29) is 10.6 Å². The van der Waals surface area contributed by atoms with Gasteiger partial charge in [0.25, 0.3) is 5.69 Å². The fourth-order valence-electron chi connectivity index (χ4n) is 2.54. The average Bonchev–Trinajstić information content (AvgIpc) is 2.84. The van der Waals surface area contributed by atoms with Gasteiger partial charge in [-0.3, -0.25) is 10.1 Å². The Morgan fingerprint density at radius 1 is 1.53 bits per heavy atom. The Hall–Kier alpha value is -1.62. The van der Waals surface area contributed by atoms with E-state index in [0.717, 1.165) is 31.7 Å². The van der Waals surface area contributed by atoms with Crippen LogP contribution in [0.2, 0.25) is 0 Å². The van der Waals surface area contributed by atoms with E-state index >= 15 is 0 Å². The summed E-state index contributed by atoms with van der Waals surface area (Å²) in [6.07, 6.45) is 2.38. The fourth-order valence-corrected chi connectivity index (χ4v) is 2.54. The summed E-state index contributed by atoms with van der Waals surface area (Å²) < 4.78 is 5.64.